The zero-order chi connectivity index (χ0) is 24.0. The molecular formula is C33H27NO. The van der Waals surface area contributed by atoms with Crippen LogP contribution < -0.4 is 0 Å². The Bertz CT molecular complexity index is 1650. The highest BCUT2D eigenvalue weighted by atomic mass is 16.3. The maximum absolute atomic E-state index is 6.63. The van der Waals surface area contributed by atoms with E-state index in [2.05, 4.69) is 118 Å². The first-order chi connectivity index (χ1) is 17.0. The summed E-state index contributed by atoms with van der Waals surface area (Å²) in [7, 11) is 0. The topological polar surface area (TPSA) is 26.0 Å². The Hall–Kier alpha value is -4.17. The SMILES string of the molecule is CC(C)(C)c1ccc(-c2cccc3c2oc2c(-c4cc(-c5ccccc5)ccn4)cccc23)cc1. The monoisotopic (exact) mass is 453 g/mol. The molecule has 2 aromatic heterocycles. The Morgan fingerprint density at radius 2 is 1.23 bits per heavy atom. The van der Waals surface area contributed by atoms with E-state index >= 15 is 0 Å². The quantitative estimate of drug-likeness (QED) is 0.267. The highest BCUT2D eigenvalue weighted by molar-refractivity contribution is 6.12. The third-order valence-electron chi connectivity index (χ3n) is 6.73. The Labute approximate surface area is 205 Å². The Morgan fingerprint density at radius 1 is 0.571 bits per heavy atom. The van der Waals surface area contributed by atoms with E-state index in [1.54, 1.807) is 0 Å². The fourth-order valence-electron chi connectivity index (χ4n) is 4.79. The van der Waals surface area contributed by atoms with Crippen LogP contribution in [0, 0.1) is 0 Å². The molecule has 0 aliphatic carbocycles. The molecule has 0 radical (unpaired) electrons. The summed E-state index contributed by atoms with van der Waals surface area (Å²) < 4.78 is 6.63. The molecule has 6 aromatic rings. The first-order valence-corrected chi connectivity index (χ1v) is 12.1. The standard InChI is InChI=1S/C33H27NO/c1-33(2,3)25-17-15-23(16-18-25)26-11-7-12-27-28-13-8-14-29(32(28)35-31(26)27)30-21-24(19-20-34-30)22-9-5-4-6-10-22/h4-21H,1-3H3. The van der Waals surface area contributed by atoms with Gasteiger partial charge in [-0.2, -0.15) is 0 Å². The molecule has 0 atom stereocenters. The van der Waals surface area contributed by atoms with Gasteiger partial charge in [-0.25, -0.2) is 0 Å². The lowest BCUT2D eigenvalue weighted by molar-refractivity contribution is 0.590. The van der Waals surface area contributed by atoms with Crippen molar-refractivity contribution in [3.05, 3.63) is 115 Å². The van der Waals surface area contributed by atoms with Gasteiger partial charge in [-0.05, 0) is 45.9 Å². The Balaban J connectivity index is 1.51. The van der Waals surface area contributed by atoms with Gasteiger partial charge in [0.1, 0.15) is 11.2 Å². The molecule has 0 aliphatic heterocycles. The molecule has 0 unspecified atom stereocenters. The number of para-hydroxylation sites is 2. The van der Waals surface area contributed by atoms with Crippen molar-refractivity contribution in [1.29, 1.82) is 0 Å². The van der Waals surface area contributed by atoms with Crippen LogP contribution >= 0.6 is 0 Å². The van der Waals surface area contributed by atoms with Crippen LogP contribution in [0.1, 0.15) is 26.3 Å². The zero-order valence-electron chi connectivity index (χ0n) is 20.2. The molecule has 0 saturated carbocycles. The highest BCUT2D eigenvalue weighted by Crippen LogP contribution is 2.40. The molecule has 0 bridgehead atoms. The smallest absolute Gasteiger partial charge is 0.144 e. The van der Waals surface area contributed by atoms with Crippen LogP contribution in [0.2, 0.25) is 0 Å². The third-order valence-corrected chi connectivity index (χ3v) is 6.73. The van der Waals surface area contributed by atoms with Crippen molar-refractivity contribution in [1.82, 2.24) is 4.98 Å². The number of nitrogens with zero attached hydrogens (tertiary/aromatic N) is 1. The summed E-state index contributed by atoms with van der Waals surface area (Å²) in [5.74, 6) is 0. The predicted octanol–water partition coefficient (Wildman–Crippen LogP) is 9.28. The van der Waals surface area contributed by atoms with Crippen LogP contribution in [0.5, 0.6) is 0 Å². The number of furan rings is 1. The number of hydrogen-bond donors (Lipinski definition) is 0. The molecule has 6 rings (SSSR count). The summed E-state index contributed by atoms with van der Waals surface area (Å²) in [5.41, 5.74) is 9.74. The molecule has 0 saturated heterocycles. The van der Waals surface area contributed by atoms with Gasteiger partial charge in [-0.1, -0.05) is 106 Å². The Morgan fingerprint density at radius 3 is 1.91 bits per heavy atom. The van der Waals surface area contributed by atoms with Gasteiger partial charge in [0.05, 0.1) is 5.69 Å². The van der Waals surface area contributed by atoms with Gasteiger partial charge in [-0.3, -0.25) is 4.98 Å². The van der Waals surface area contributed by atoms with Crippen LogP contribution in [0.3, 0.4) is 0 Å². The van der Waals surface area contributed by atoms with Crippen molar-refractivity contribution < 1.29 is 4.42 Å². The molecule has 0 amide bonds. The highest BCUT2D eigenvalue weighted by Gasteiger charge is 2.17. The van der Waals surface area contributed by atoms with E-state index in [-0.39, 0.29) is 5.41 Å². The normalized spacial score (nSPS) is 11.9. The number of fused-ring (bicyclic) bond motifs is 3. The number of pyridine rings is 1. The minimum atomic E-state index is 0.125. The van der Waals surface area contributed by atoms with E-state index in [9.17, 15) is 0 Å². The molecule has 35 heavy (non-hydrogen) atoms. The fourth-order valence-corrected chi connectivity index (χ4v) is 4.79. The zero-order valence-corrected chi connectivity index (χ0v) is 20.2. The maximum atomic E-state index is 6.63. The summed E-state index contributed by atoms with van der Waals surface area (Å²) in [6.07, 6.45) is 1.88. The number of benzene rings is 4. The summed E-state index contributed by atoms with van der Waals surface area (Å²) in [6.45, 7) is 6.72. The largest absolute Gasteiger partial charge is 0.455 e. The van der Waals surface area contributed by atoms with Crippen molar-refractivity contribution in [3.8, 4) is 33.5 Å². The second-order valence-corrected chi connectivity index (χ2v) is 10.1. The molecule has 2 heteroatoms. The van der Waals surface area contributed by atoms with E-state index in [4.69, 9.17) is 9.40 Å². The molecule has 0 N–H and O–H groups in total. The molecule has 0 spiro atoms. The molecule has 170 valence electrons. The summed E-state index contributed by atoms with van der Waals surface area (Å²) in [4.78, 5) is 4.71. The van der Waals surface area contributed by atoms with Crippen molar-refractivity contribution in [2.45, 2.75) is 26.2 Å². The fraction of sp³-hybridized carbons (Fsp3) is 0.121. The van der Waals surface area contributed by atoms with Crippen LogP contribution in [0.4, 0.5) is 0 Å². The average molecular weight is 454 g/mol. The Kier molecular flexibility index (Phi) is 5.04. The van der Waals surface area contributed by atoms with Gasteiger partial charge >= 0.3 is 0 Å². The van der Waals surface area contributed by atoms with Crippen molar-refractivity contribution in [2.24, 2.45) is 0 Å². The second-order valence-electron chi connectivity index (χ2n) is 10.1. The van der Waals surface area contributed by atoms with Gasteiger partial charge < -0.3 is 4.42 Å². The van der Waals surface area contributed by atoms with Gasteiger partial charge in [0, 0.05) is 28.1 Å². The minimum Gasteiger partial charge on any atom is -0.455 e. The minimum absolute atomic E-state index is 0.125. The van der Waals surface area contributed by atoms with Gasteiger partial charge in [0.2, 0.25) is 0 Å². The van der Waals surface area contributed by atoms with E-state index in [1.165, 1.54) is 11.1 Å². The average Bonchev–Trinajstić information content (AvgIpc) is 3.28. The number of rotatable bonds is 3. The molecule has 2 nitrogen and oxygen atoms in total. The molecular weight excluding hydrogens is 426 g/mol. The maximum Gasteiger partial charge on any atom is 0.144 e. The van der Waals surface area contributed by atoms with Crippen LogP contribution in [-0.2, 0) is 5.41 Å². The van der Waals surface area contributed by atoms with E-state index in [0.717, 1.165) is 49.9 Å². The molecule has 4 aromatic carbocycles. The lowest BCUT2D eigenvalue weighted by Gasteiger charge is -2.19. The second kappa shape index (κ2) is 8.25. The lowest BCUT2D eigenvalue weighted by Crippen LogP contribution is -2.10. The van der Waals surface area contributed by atoms with Crippen molar-refractivity contribution in [3.63, 3.8) is 0 Å². The van der Waals surface area contributed by atoms with E-state index < -0.39 is 0 Å². The van der Waals surface area contributed by atoms with Gasteiger partial charge in [0.25, 0.3) is 0 Å². The third kappa shape index (κ3) is 3.81. The van der Waals surface area contributed by atoms with E-state index in [0.29, 0.717) is 0 Å². The molecule has 2 heterocycles. The van der Waals surface area contributed by atoms with Crippen molar-refractivity contribution >= 4 is 21.9 Å². The van der Waals surface area contributed by atoms with Crippen LogP contribution in [0.15, 0.2) is 114 Å². The van der Waals surface area contributed by atoms with Gasteiger partial charge in [0.15, 0.2) is 0 Å². The molecule has 0 fully saturated rings. The van der Waals surface area contributed by atoms with Crippen LogP contribution in [-0.4, -0.2) is 4.98 Å². The first-order valence-electron chi connectivity index (χ1n) is 12.1. The number of hydrogen-bond acceptors (Lipinski definition) is 2. The van der Waals surface area contributed by atoms with Crippen molar-refractivity contribution in [2.75, 3.05) is 0 Å². The summed E-state index contributed by atoms with van der Waals surface area (Å²) >= 11 is 0. The lowest BCUT2D eigenvalue weighted by atomic mass is 9.86. The number of aromatic nitrogens is 1. The van der Waals surface area contributed by atoms with Crippen LogP contribution in [0.25, 0.3) is 55.4 Å². The first kappa shape index (κ1) is 21.4. The summed E-state index contributed by atoms with van der Waals surface area (Å²) in [6, 6.07) is 36.2. The predicted molar refractivity (Wildman–Crippen MR) is 147 cm³/mol. The van der Waals surface area contributed by atoms with E-state index in [1.807, 2.05) is 12.3 Å². The van der Waals surface area contributed by atoms with Gasteiger partial charge in [-0.15, -0.1) is 0 Å². The molecule has 0 aliphatic rings. The summed E-state index contributed by atoms with van der Waals surface area (Å²) in [5, 5.41) is 2.23.